The fraction of sp³-hybridized carbons (Fsp3) is 0.174. The molecule has 0 saturated carbocycles. The molecule has 0 unspecified atom stereocenters. The Balaban J connectivity index is 1.44. The van der Waals surface area contributed by atoms with Crippen LogP contribution in [-0.4, -0.2) is 5.91 Å². The summed E-state index contributed by atoms with van der Waals surface area (Å²) in [5, 5.41) is 2.95. The maximum absolute atomic E-state index is 12.1. The van der Waals surface area contributed by atoms with E-state index < -0.39 is 0 Å². The van der Waals surface area contributed by atoms with Gasteiger partial charge in [-0.15, -0.1) is 0 Å². The number of anilines is 1. The summed E-state index contributed by atoms with van der Waals surface area (Å²) in [6.07, 6.45) is 3.42. The van der Waals surface area contributed by atoms with Gasteiger partial charge in [-0.3, -0.25) is 4.79 Å². The summed E-state index contributed by atoms with van der Waals surface area (Å²) in [4.78, 5) is 12.1. The zero-order valence-corrected chi connectivity index (χ0v) is 14.7. The van der Waals surface area contributed by atoms with Crippen LogP contribution in [0.4, 0.5) is 5.69 Å². The number of hydrogen-bond donors (Lipinski definition) is 1. The predicted octanol–water partition coefficient (Wildman–Crippen LogP) is 5.83. The highest BCUT2D eigenvalue weighted by molar-refractivity contribution is 5.90. The Morgan fingerprint density at radius 2 is 1.46 bits per heavy atom. The van der Waals surface area contributed by atoms with E-state index in [1.165, 1.54) is 5.56 Å². The molecule has 0 aliphatic rings. The number of para-hydroxylation sites is 1. The number of amides is 1. The normalized spacial score (nSPS) is 10.3. The zero-order valence-electron chi connectivity index (χ0n) is 14.7. The van der Waals surface area contributed by atoms with Crippen LogP contribution in [0.25, 0.3) is 0 Å². The Kier molecular flexibility index (Phi) is 6.43. The first-order valence-corrected chi connectivity index (χ1v) is 8.96. The van der Waals surface area contributed by atoms with E-state index in [4.69, 9.17) is 4.74 Å². The maximum atomic E-state index is 12.1. The lowest BCUT2D eigenvalue weighted by Gasteiger charge is -2.09. The molecule has 1 amide bonds. The number of unbranched alkanes of at least 4 members (excludes halogenated alkanes) is 1. The first-order chi connectivity index (χ1) is 12.8. The lowest BCUT2D eigenvalue weighted by molar-refractivity contribution is -0.116. The fourth-order valence-electron chi connectivity index (χ4n) is 2.74. The molecule has 26 heavy (non-hydrogen) atoms. The van der Waals surface area contributed by atoms with Crippen molar-refractivity contribution in [3.05, 3.63) is 90.5 Å². The van der Waals surface area contributed by atoms with Crippen LogP contribution >= 0.6 is 0 Å². The average molecular weight is 345 g/mol. The summed E-state index contributed by atoms with van der Waals surface area (Å²) in [5.74, 6) is 1.52. The van der Waals surface area contributed by atoms with Crippen LogP contribution in [0, 0.1) is 0 Å². The Labute approximate surface area is 154 Å². The van der Waals surface area contributed by atoms with Gasteiger partial charge in [0.25, 0.3) is 0 Å². The molecule has 3 aromatic rings. The van der Waals surface area contributed by atoms with E-state index in [-0.39, 0.29) is 5.91 Å². The second kappa shape index (κ2) is 9.42. The fourth-order valence-corrected chi connectivity index (χ4v) is 2.74. The molecule has 3 aromatic carbocycles. The van der Waals surface area contributed by atoms with E-state index in [1.807, 2.05) is 72.8 Å². The summed E-state index contributed by atoms with van der Waals surface area (Å²) in [6, 6.07) is 27.4. The van der Waals surface area contributed by atoms with Crippen molar-refractivity contribution in [2.24, 2.45) is 0 Å². The monoisotopic (exact) mass is 345 g/mol. The van der Waals surface area contributed by atoms with Crippen molar-refractivity contribution in [1.82, 2.24) is 0 Å². The van der Waals surface area contributed by atoms with Gasteiger partial charge in [0.1, 0.15) is 11.5 Å². The van der Waals surface area contributed by atoms with Crippen molar-refractivity contribution in [3.8, 4) is 11.5 Å². The Morgan fingerprint density at radius 1 is 0.769 bits per heavy atom. The van der Waals surface area contributed by atoms with Crippen molar-refractivity contribution in [3.63, 3.8) is 0 Å². The zero-order chi connectivity index (χ0) is 18.0. The first kappa shape index (κ1) is 17.7. The highest BCUT2D eigenvalue weighted by Crippen LogP contribution is 2.24. The second-order valence-electron chi connectivity index (χ2n) is 6.18. The average Bonchev–Trinajstić information content (AvgIpc) is 2.67. The summed E-state index contributed by atoms with van der Waals surface area (Å²) >= 11 is 0. The lowest BCUT2D eigenvalue weighted by Crippen LogP contribution is -2.11. The quantitative estimate of drug-likeness (QED) is 0.522. The summed E-state index contributed by atoms with van der Waals surface area (Å²) in [5.41, 5.74) is 2.07. The van der Waals surface area contributed by atoms with Crippen molar-refractivity contribution in [2.75, 3.05) is 5.32 Å². The van der Waals surface area contributed by atoms with Gasteiger partial charge in [-0.1, -0.05) is 54.6 Å². The van der Waals surface area contributed by atoms with Crippen molar-refractivity contribution < 1.29 is 9.53 Å². The summed E-state index contributed by atoms with van der Waals surface area (Å²) in [7, 11) is 0. The van der Waals surface area contributed by atoms with E-state index in [1.54, 1.807) is 0 Å². The maximum Gasteiger partial charge on any atom is 0.224 e. The standard InChI is InChI=1S/C23H23NO2/c25-23(17-8-7-12-19-10-3-1-4-11-19)24-20-13-9-16-22(18-20)26-21-14-5-2-6-15-21/h1-6,9-11,13-16,18H,7-8,12,17H2,(H,24,25). The van der Waals surface area contributed by atoms with Crippen molar-refractivity contribution in [2.45, 2.75) is 25.7 Å². The molecule has 0 spiro atoms. The van der Waals surface area contributed by atoms with Crippen LogP contribution in [0.5, 0.6) is 11.5 Å². The molecule has 132 valence electrons. The minimum absolute atomic E-state index is 0.0370. The summed E-state index contributed by atoms with van der Waals surface area (Å²) < 4.78 is 5.80. The second-order valence-corrected chi connectivity index (χ2v) is 6.18. The van der Waals surface area contributed by atoms with Gasteiger partial charge in [0.2, 0.25) is 5.91 Å². The minimum Gasteiger partial charge on any atom is -0.457 e. The number of benzene rings is 3. The van der Waals surface area contributed by atoms with Gasteiger partial charge in [-0.2, -0.15) is 0 Å². The third-order valence-corrected chi connectivity index (χ3v) is 4.06. The highest BCUT2D eigenvalue weighted by Gasteiger charge is 2.04. The molecule has 3 heteroatoms. The van der Waals surface area contributed by atoms with Crippen LogP contribution in [0.1, 0.15) is 24.8 Å². The van der Waals surface area contributed by atoms with E-state index in [9.17, 15) is 4.79 Å². The van der Waals surface area contributed by atoms with E-state index in [2.05, 4.69) is 17.4 Å². The number of aryl methyl sites for hydroxylation is 1. The molecule has 0 bridgehead atoms. The van der Waals surface area contributed by atoms with E-state index in [0.29, 0.717) is 12.2 Å². The Hall–Kier alpha value is -3.07. The molecule has 3 nitrogen and oxygen atoms in total. The molecule has 1 N–H and O–H groups in total. The van der Waals surface area contributed by atoms with Crippen LogP contribution < -0.4 is 10.1 Å². The lowest BCUT2D eigenvalue weighted by atomic mass is 10.1. The summed E-state index contributed by atoms with van der Waals surface area (Å²) in [6.45, 7) is 0. The molecule has 0 radical (unpaired) electrons. The minimum atomic E-state index is 0.0370. The molecular weight excluding hydrogens is 322 g/mol. The van der Waals surface area contributed by atoms with Gasteiger partial charge in [0.15, 0.2) is 0 Å². The van der Waals surface area contributed by atoms with Gasteiger partial charge in [-0.25, -0.2) is 0 Å². The number of carbonyl (C=O) groups is 1. The van der Waals surface area contributed by atoms with E-state index >= 15 is 0 Å². The molecule has 3 rings (SSSR count). The smallest absolute Gasteiger partial charge is 0.224 e. The molecular formula is C23H23NO2. The number of nitrogens with one attached hydrogen (secondary N) is 1. The number of carbonyl (C=O) groups excluding carboxylic acids is 1. The molecule has 0 heterocycles. The van der Waals surface area contributed by atoms with Gasteiger partial charge < -0.3 is 10.1 Å². The largest absolute Gasteiger partial charge is 0.457 e. The van der Waals surface area contributed by atoms with Crippen molar-refractivity contribution >= 4 is 11.6 Å². The molecule has 0 aromatic heterocycles. The molecule has 0 aliphatic heterocycles. The van der Waals surface area contributed by atoms with E-state index in [0.717, 1.165) is 30.7 Å². The van der Waals surface area contributed by atoms with Gasteiger partial charge >= 0.3 is 0 Å². The van der Waals surface area contributed by atoms with Crippen LogP contribution in [0.15, 0.2) is 84.9 Å². The number of rotatable bonds is 8. The Bertz CT molecular complexity index is 816. The Morgan fingerprint density at radius 3 is 2.23 bits per heavy atom. The number of ether oxygens (including phenoxy) is 1. The topological polar surface area (TPSA) is 38.3 Å². The molecule has 0 atom stereocenters. The van der Waals surface area contributed by atoms with Crippen LogP contribution in [0.3, 0.4) is 0 Å². The first-order valence-electron chi connectivity index (χ1n) is 8.96. The van der Waals surface area contributed by atoms with Crippen molar-refractivity contribution in [1.29, 1.82) is 0 Å². The molecule has 0 saturated heterocycles. The SMILES string of the molecule is O=C(CCCCc1ccccc1)Nc1cccc(Oc2ccccc2)c1. The van der Waals surface area contributed by atoms with Gasteiger partial charge in [0, 0.05) is 18.2 Å². The van der Waals surface area contributed by atoms with Gasteiger partial charge in [0.05, 0.1) is 0 Å². The van der Waals surface area contributed by atoms with Crippen LogP contribution in [0.2, 0.25) is 0 Å². The number of hydrogen-bond acceptors (Lipinski definition) is 2. The van der Waals surface area contributed by atoms with Crippen LogP contribution in [-0.2, 0) is 11.2 Å². The predicted molar refractivity (Wildman–Crippen MR) is 106 cm³/mol. The van der Waals surface area contributed by atoms with Gasteiger partial charge in [-0.05, 0) is 49.1 Å². The molecule has 0 fully saturated rings. The highest BCUT2D eigenvalue weighted by atomic mass is 16.5. The third kappa shape index (κ3) is 5.78. The third-order valence-electron chi connectivity index (χ3n) is 4.06. The molecule has 0 aliphatic carbocycles.